The van der Waals surface area contributed by atoms with E-state index in [1.54, 1.807) is 6.07 Å². The number of ether oxygens (including phenoxy) is 1. The summed E-state index contributed by atoms with van der Waals surface area (Å²) in [6, 6.07) is 6.14. The van der Waals surface area contributed by atoms with Gasteiger partial charge in [-0.25, -0.2) is 4.39 Å². The zero-order valence-electron chi connectivity index (χ0n) is 12.9. The predicted molar refractivity (Wildman–Crippen MR) is 94.7 cm³/mol. The average Bonchev–Trinajstić information content (AvgIpc) is 2.53. The molecule has 0 spiro atoms. The highest BCUT2D eigenvalue weighted by molar-refractivity contribution is 9.10. The van der Waals surface area contributed by atoms with Gasteiger partial charge in [-0.15, -0.1) is 0 Å². The fourth-order valence-corrected chi connectivity index (χ4v) is 2.67. The highest BCUT2D eigenvalue weighted by atomic mass is 79.9. The maximum absolute atomic E-state index is 13.8. The van der Waals surface area contributed by atoms with Crippen LogP contribution in [0.15, 0.2) is 34.8 Å². The number of rotatable bonds is 4. The van der Waals surface area contributed by atoms with E-state index in [1.807, 2.05) is 0 Å². The van der Waals surface area contributed by atoms with Crippen molar-refractivity contribution in [3.63, 3.8) is 0 Å². The largest absolute Gasteiger partial charge is 0.480 e. The van der Waals surface area contributed by atoms with E-state index in [1.165, 1.54) is 12.1 Å². The van der Waals surface area contributed by atoms with Crippen molar-refractivity contribution in [3.05, 3.63) is 56.2 Å². The molecule has 0 bridgehead atoms. The number of carbonyl (C=O) groups is 1. The summed E-state index contributed by atoms with van der Waals surface area (Å²) in [5.41, 5.74) is -0.406. The Balaban J connectivity index is 2.41. The lowest BCUT2D eigenvalue weighted by atomic mass is 10.1. The van der Waals surface area contributed by atoms with Gasteiger partial charge in [-0.05, 0) is 47.1 Å². The number of benzene rings is 2. The molecule has 1 N–H and O–H groups in total. The Morgan fingerprint density at radius 2 is 1.81 bits per heavy atom. The van der Waals surface area contributed by atoms with Gasteiger partial charge in [0, 0.05) is 0 Å². The van der Waals surface area contributed by atoms with Gasteiger partial charge >= 0.3 is 6.18 Å². The van der Waals surface area contributed by atoms with E-state index in [4.69, 9.17) is 27.9 Å². The molecule has 0 fully saturated rings. The number of hydrogen-bond donors (Lipinski definition) is 1. The van der Waals surface area contributed by atoms with Crippen LogP contribution in [0, 0.1) is 5.82 Å². The summed E-state index contributed by atoms with van der Waals surface area (Å²) in [5, 5.41) is 2.56. The molecule has 0 radical (unpaired) electrons. The minimum atomic E-state index is -4.67. The van der Waals surface area contributed by atoms with Crippen molar-refractivity contribution >= 4 is 50.7 Å². The molecule has 0 aliphatic rings. The number of nitrogens with one attached hydrogen (secondary N) is 1. The molecule has 1 atom stereocenters. The number of alkyl halides is 3. The number of carbonyl (C=O) groups excluding carboxylic acids is 1. The summed E-state index contributed by atoms with van der Waals surface area (Å²) in [6.45, 7) is 0.768. The average molecular weight is 475 g/mol. The van der Waals surface area contributed by atoms with Crippen LogP contribution in [-0.4, -0.2) is 18.2 Å². The molecule has 0 aromatic heterocycles. The first-order valence-electron chi connectivity index (χ1n) is 6.98. The van der Waals surface area contributed by atoms with Gasteiger partial charge in [0.1, 0.15) is 11.6 Å². The lowest BCUT2D eigenvalue weighted by Gasteiger charge is -2.20. The molecule has 140 valence electrons. The molecule has 26 heavy (non-hydrogen) atoms. The van der Waals surface area contributed by atoms with E-state index in [9.17, 15) is 22.4 Å². The van der Waals surface area contributed by atoms with E-state index in [0.717, 1.165) is 19.1 Å². The van der Waals surface area contributed by atoms with Crippen LogP contribution in [0.4, 0.5) is 23.2 Å². The second-order valence-electron chi connectivity index (χ2n) is 5.11. The van der Waals surface area contributed by atoms with Gasteiger partial charge in [0.2, 0.25) is 0 Å². The van der Waals surface area contributed by atoms with Crippen molar-refractivity contribution in [2.75, 3.05) is 5.32 Å². The van der Waals surface area contributed by atoms with E-state index < -0.39 is 35.3 Å². The third kappa shape index (κ3) is 4.81. The number of para-hydroxylation sites is 1. The number of anilines is 1. The lowest BCUT2D eigenvalue weighted by Crippen LogP contribution is -2.32. The monoisotopic (exact) mass is 473 g/mol. The summed E-state index contributed by atoms with van der Waals surface area (Å²) < 4.78 is 56.8. The topological polar surface area (TPSA) is 38.3 Å². The van der Waals surface area contributed by atoms with Gasteiger partial charge in [-0.3, -0.25) is 4.79 Å². The maximum atomic E-state index is 13.8. The third-order valence-corrected chi connectivity index (χ3v) is 4.47. The van der Waals surface area contributed by atoms with Gasteiger partial charge in [0.05, 0.1) is 25.8 Å². The lowest BCUT2D eigenvalue weighted by molar-refractivity contribution is -0.189. The zero-order valence-corrected chi connectivity index (χ0v) is 16.0. The highest BCUT2D eigenvalue weighted by Gasteiger charge is 2.38. The first-order chi connectivity index (χ1) is 12.0. The molecular weight excluding hydrogens is 465 g/mol. The number of amides is 1. The Kier molecular flexibility index (Phi) is 6.42. The molecule has 2 aromatic rings. The first kappa shape index (κ1) is 20.8. The Morgan fingerprint density at radius 3 is 2.35 bits per heavy atom. The molecule has 0 saturated heterocycles. The van der Waals surface area contributed by atoms with Crippen LogP contribution in [0.25, 0.3) is 0 Å². The second kappa shape index (κ2) is 8.02. The van der Waals surface area contributed by atoms with E-state index >= 15 is 0 Å². The van der Waals surface area contributed by atoms with Crippen molar-refractivity contribution in [2.45, 2.75) is 19.2 Å². The minimum Gasteiger partial charge on any atom is -0.480 e. The second-order valence-corrected chi connectivity index (χ2v) is 6.78. The summed E-state index contributed by atoms with van der Waals surface area (Å²) in [5.74, 6) is -2.24. The Hall–Kier alpha value is -1.51. The number of halogens is 7. The molecule has 0 aliphatic carbocycles. The fourth-order valence-electron chi connectivity index (χ4n) is 1.86. The molecule has 0 aliphatic heterocycles. The van der Waals surface area contributed by atoms with Crippen LogP contribution in [0.5, 0.6) is 5.75 Å². The first-order valence-corrected chi connectivity index (χ1v) is 8.53. The van der Waals surface area contributed by atoms with Gasteiger partial charge in [-0.1, -0.05) is 29.3 Å². The van der Waals surface area contributed by atoms with E-state index in [2.05, 4.69) is 21.2 Å². The van der Waals surface area contributed by atoms with Crippen LogP contribution >= 0.6 is 39.1 Å². The van der Waals surface area contributed by atoms with Crippen molar-refractivity contribution < 1.29 is 27.1 Å². The summed E-state index contributed by atoms with van der Waals surface area (Å²) in [4.78, 5) is 12.5. The molecule has 0 heterocycles. The normalized spacial score (nSPS) is 12.6. The van der Waals surface area contributed by atoms with Crippen LogP contribution in [-0.2, 0) is 0 Å². The Morgan fingerprint density at radius 1 is 1.23 bits per heavy atom. The van der Waals surface area contributed by atoms with Crippen molar-refractivity contribution in [2.24, 2.45) is 0 Å². The standard InChI is InChI=1S/C16H10BrCl2F4NO2/c1-7(16(21,22)23)26-13-6-9(17)12(20)5-8(13)15(25)24-14-10(18)3-2-4-11(14)19/h2-7H,1H3,(H,24,25)/t7-/m0/s1. The third-order valence-electron chi connectivity index (χ3n) is 3.23. The fraction of sp³-hybridized carbons (Fsp3) is 0.188. The smallest absolute Gasteiger partial charge is 0.425 e. The molecular formula is C16H10BrCl2F4NO2. The quantitative estimate of drug-likeness (QED) is 0.515. The Bertz CT molecular complexity index is 825. The van der Waals surface area contributed by atoms with Crippen LogP contribution < -0.4 is 10.1 Å². The minimum absolute atomic E-state index is 0.0407. The maximum Gasteiger partial charge on any atom is 0.425 e. The van der Waals surface area contributed by atoms with Crippen LogP contribution in [0.1, 0.15) is 17.3 Å². The molecule has 2 rings (SSSR count). The van der Waals surface area contributed by atoms with Gasteiger partial charge in [-0.2, -0.15) is 13.2 Å². The van der Waals surface area contributed by atoms with Crippen molar-refractivity contribution in [1.82, 2.24) is 0 Å². The van der Waals surface area contributed by atoms with E-state index in [0.29, 0.717) is 0 Å². The highest BCUT2D eigenvalue weighted by Crippen LogP contribution is 2.34. The molecule has 3 nitrogen and oxygen atoms in total. The zero-order chi connectivity index (χ0) is 19.6. The van der Waals surface area contributed by atoms with Gasteiger partial charge in [0.15, 0.2) is 6.10 Å². The molecule has 0 saturated carbocycles. The Labute approximate surface area is 164 Å². The predicted octanol–water partition coefficient (Wildman–Crippen LogP) is 6.48. The van der Waals surface area contributed by atoms with Gasteiger partial charge in [0.25, 0.3) is 5.91 Å². The molecule has 0 unspecified atom stereocenters. The van der Waals surface area contributed by atoms with E-state index in [-0.39, 0.29) is 20.2 Å². The number of hydrogen-bond acceptors (Lipinski definition) is 2. The van der Waals surface area contributed by atoms with Crippen molar-refractivity contribution in [1.29, 1.82) is 0 Å². The van der Waals surface area contributed by atoms with Crippen molar-refractivity contribution in [3.8, 4) is 5.75 Å². The summed E-state index contributed by atoms with van der Waals surface area (Å²) >= 11 is 14.7. The molecule has 10 heteroatoms. The summed E-state index contributed by atoms with van der Waals surface area (Å²) in [7, 11) is 0. The molecule has 1 amide bonds. The van der Waals surface area contributed by atoms with Crippen LogP contribution in [0.2, 0.25) is 10.0 Å². The summed E-state index contributed by atoms with van der Waals surface area (Å²) in [6.07, 6.45) is -6.88. The SMILES string of the molecule is C[C@H](Oc1cc(Br)c(F)cc1C(=O)Nc1c(Cl)cccc1Cl)C(F)(F)F. The molecule has 2 aromatic carbocycles. The van der Waals surface area contributed by atoms with Gasteiger partial charge < -0.3 is 10.1 Å². The van der Waals surface area contributed by atoms with Crippen LogP contribution in [0.3, 0.4) is 0 Å².